The van der Waals surface area contributed by atoms with Gasteiger partial charge in [-0.05, 0) is 0 Å². The molecule has 0 fully saturated rings. The maximum atomic E-state index is 12.6. The van der Waals surface area contributed by atoms with Gasteiger partial charge in [0.15, 0.2) is 0 Å². The third-order valence-corrected chi connectivity index (χ3v) is 1.72. The molecule has 1 rings (SSSR count). The minimum Gasteiger partial charge on any atom is -0.618 e. The Morgan fingerprint density at radius 2 is 2.25 bits per heavy atom. The van der Waals surface area contributed by atoms with E-state index in [0.29, 0.717) is 6.20 Å². The zero-order chi connectivity index (χ0) is 9.30. The largest absolute Gasteiger partial charge is 0.618 e. The van der Waals surface area contributed by atoms with E-state index in [4.69, 9.17) is 0 Å². The first-order chi connectivity index (χ1) is 5.52. The summed E-state index contributed by atoms with van der Waals surface area (Å²) in [5.74, 6) is -1.15. The quantitative estimate of drug-likeness (QED) is 0.241. The molecule has 1 aromatic rings. The van der Waals surface area contributed by atoms with Crippen LogP contribution in [-0.2, 0) is 0 Å². The highest BCUT2D eigenvalue weighted by Crippen LogP contribution is 2.17. The van der Waals surface area contributed by atoms with Crippen LogP contribution in [0.25, 0.3) is 0 Å². The fraction of sp³-hybridized carbons (Fsp3) is 0. The van der Waals surface area contributed by atoms with Crippen LogP contribution in [0.1, 0.15) is 0 Å². The van der Waals surface area contributed by atoms with Crippen molar-refractivity contribution in [2.45, 2.75) is 0 Å². The molecule has 12 heavy (non-hydrogen) atoms. The molecule has 0 N–H and O–H groups in total. The van der Waals surface area contributed by atoms with Crippen LogP contribution >= 0.6 is 15.9 Å². The molecular formula is C5H2BrFN2O3. The van der Waals surface area contributed by atoms with Gasteiger partial charge in [0.1, 0.15) is 0 Å². The minimum atomic E-state index is -1.15. The predicted molar refractivity (Wildman–Crippen MR) is 39.7 cm³/mol. The highest BCUT2D eigenvalue weighted by atomic mass is 79.9. The van der Waals surface area contributed by atoms with Crippen molar-refractivity contribution in [3.05, 3.63) is 38.0 Å². The van der Waals surface area contributed by atoms with Gasteiger partial charge in [0.25, 0.3) is 10.4 Å². The van der Waals surface area contributed by atoms with Crippen molar-refractivity contribution >= 4 is 21.6 Å². The summed E-state index contributed by atoms with van der Waals surface area (Å²) in [7, 11) is 0. The van der Waals surface area contributed by atoms with E-state index in [1.165, 1.54) is 0 Å². The molecule has 0 atom stereocenters. The van der Waals surface area contributed by atoms with Gasteiger partial charge in [-0.25, -0.2) is 0 Å². The number of rotatable bonds is 1. The summed E-state index contributed by atoms with van der Waals surface area (Å²) >= 11 is 2.73. The van der Waals surface area contributed by atoms with E-state index in [1.807, 2.05) is 0 Å². The van der Waals surface area contributed by atoms with E-state index >= 15 is 0 Å². The van der Waals surface area contributed by atoms with Crippen molar-refractivity contribution in [3.63, 3.8) is 0 Å². The fourth-order valence-corrected chi connectivity index (χ4v) is 0.935. The van der Waals surface area contributed by atoms with Crippen molar-refractivity contribution in [1.82, 2.24) is 0 Å². The summed E-state index contributed by atoms with van der Waals surface area (Å²) in [6, 6.07) is 0.808. The lowest BCUT2D eigenvalue weighted by Gasteiger charge is -1.97. The van der Waals surface area contributed by atoms with Crippen LogP contribution in [0, 0.1) is 21.1 Å². The number of nitrogens with zero attached hydrogens (tertiary/aromatic N) is 2. The Morgan fingerprint density at radius 3 is 2.75 bits per heavy atom. The monoisotopic (exact) mass is 236 g/mol. The molecule has 0 aliphatic rings. The van der Waals surface area contributed by atoms with E-state index in [2.05, 4.69) is 15.9 Å². The highest BCUT2D eigenvalue weighted by Gasteiger charge is 2.19. The van der Waals surface area contributed by atoms with E-state index in [9.17, 15) is 19.7 Å². The molecule has 64 valence electrons. The molecule has 0 saturated heterocycles. The summed E-state index contributed by atoms with van der Waals surface area (Å²) in [4.78, 5) is 9.22. The SMILES string of the molecule is O=[N+]([O-])c1cc(Br)[n+]([O-])cc1F. The van der Waals surface area contributed by atoms with Crippen LogP contribution in [0.4, 0.5) is 10.1 Å². The Balaban J connectivity index is 3.33. The molecule has 0 spiro atoms. The summed E-state index contributed by atoms with van der Waals surface area (Å²) in [5.41, 5.74) is -0.728. The Bertz CT molecular complexity index is 344. The zero-order valence-corrected chi connectivity index (χ0v) is 7.12. The molecule has 0 amide bonds. The Morgan fingerprint density at radius 1 is 1.67 bits per heavy atom. The second-order valence-corrected chi connectivity index (χ2v) is 2.72. The zero-order valence-electron chi connectivity index (χ0n) is 5.53. The molecule has 0 saturated carbocycles. The molecular weight excluding hydrogens is 235 g/mol. The van der Waals surface area contributed by atoms with Gasteiger partial charge >= 0.3 is 5.69 Å². The van der Waals surface area contributed by atoms with Gasteiger partial charge in [0, 0.05) is 15.9 Å². The fourth-order valence-electron chi connectivity index (χ4n) is 0.616. The summed E-state index contributed by atoms with van der Waals surface area (Å²) in [5, 5.41) is 20.7. The lowest BCUT2D eigenvalue weighted by atomic mass is 10.4. The molecule has 7 heteroatoms. The van der Waals surface area contributed by atoms with Crippen molar-refractivity contribution in [2.75, 3.05) is 0 Å². The predicted octanol–water partition coefficient (Wildman–Crippen LogP) is 1.13. The van der Waals surface area contributed by atoms with E-state index < -0.39 is 16.4 Å². The molecule has 0 aliphatic carbocycles. The topological polar surface area (TPSA) is 70.1 Å². The average molecular weight is 237 g/mol. The van der Waals surface area contributed by atoms with Crippen molar-refractivity contribution < 1.29 is 14.0 Å². The van der Waals surface area contributed by atoms with Crippen molar-refractivity contribution in [1.29, 1.82) is 0 Å². The lowest BCUT2D eigenvalue weighted by Crippen LogP contribution is -2.28. The Labute approximate surface area is 74.3 Å². The van der Waals surface area contributed by atoms with Crippen LogP contribution in [0.5, 0.6) is 0 Å². The number of hydrogen-bond donors (Lipinski definition) is 0. The van der Waals surface area contributed by atoms with Crippen LogP contribution in [-0.4, -0.2) is 4.92 Å². The molecule has 0 unspecified atom stereocenters. The standard InChI is InChI=1S/C5H2BrFN2O3/c6-5-1-4(9(11)12)3(7)2-8(5)10/h1-2H. The summed E-state index contributed by atoms with van der Waals surface area (Å²) < 4.78 is 12.7. The summed E-state index contributed by atoms with van der Waals surface area (Å²) in [6.45, 7) is 0. The Kier molecular flexibility index (Phi) is 2.22. The average Bonchev–Trinajstić information content (AvgIpc) is 1.96. The van der Waals surface area contributed by atoms with Gasteiger partial charge in [0.05, 0.1) is 11.0 Å². The molecule has 0 aromatic carbocycles. The number of aromatic nitrogens is 1. The van der Waals surface area contributed by atoms with Crippen molar-refractivity contribution in [3.8, 4) is 0 Å². The minimum absolute atomic E-state index is 0.101. The Hall–Kier alpha value is -1.24. The molecule has 1 aromatic heterocycles. The highest BCUT2D eigenvalue weighted by molar-refractivity contribution is 9.10. The maximum Gasteiger partial charge on any atom is 0.318 e. The van der Waals surface area contributed by atoms with Gasteiger partial charge in [0.2, 0.25) is 6.20 Å². The molecule has 0 bridgehead atoms. The van der Waals surface area contributed by atoms with Crippen molar-refractivity contribution in [2.24, 2.45) is 0 Å². The molecule has 0 radical (unpaired) electrons. The molecule has 5 nitrogen and oxygen atoms in total. The van der Waals surface area contributed by atoms with Gasteiger partial charge in [-0.3, -0.25) is 10.1 Å². The third-order valence-electron chi connectivity index (χ3n) is 1.14. The normalized spacial score (nSPS) is 9.83. The van der Waals surface area contributed by atoms with E-state index in [1.54, 1.807) is 0 Å². The van der Waals surface area contributed by atoms with Gasteiger partial charge in [-0.2, -0.15) is 9.12 Å². The first-order valence-corrected chi connectivity index (χ1v) is 3.54. The smallest absolute Gasteiger partial charge is 0.318 e. The second kappa shape index (κ2) is 3.02. The van der Waals surface area contributed by atoms with Gasteiger partial charge in [-0.15, -0.1) is 0 Å². The third kappa shape index (κ3) is 1.50. The summed E-state index contributed by atoms with van der Waals surface area (Å²) in [6.07, 6.45) is 0.488. The number of pyridine rings is 1. The lowest BCUT2D eigenvalue weighted by molar-refractivity contribution is -0.619. The van der Waals surface area contributed by atoms with Crippen LogP contribution < -0.4 is 4.73 Å². The van der Waals surface area contributed by atoms with Gasteiger partial charge < -0.3 is 5.21 Å². The number of nitro groups is 1. The first-order valence-electron chi connectivity index (χ1n) is 2.75. The molecule has 0 aliphatic heterocycles. The van der Waals surface area contributed by atoms with E-state index in [-0.39, 0.29) is 9.33 Å². The number of halogens is 2. The first kappa shape index (κ1) is 8.85. The van der Waals surface area contributed by atoms with Gasteiger partial charge in [-0.1, -0.05) is 0 Å². The van der Waals surface area contributed by atoms with Crippen LogP contribution in [0.15, 0.2) is 16.9 Å². The maximum absolute atomic E-state index is 12.6. The van der Waals surface area contributed by atoms with Crippen LogP contribution in [0.3, 0.4) is 0 Å². The van der Waals surface area contributed by atoms with Crippen LogP contribution in [0.2, 0.25) is 0 Å². The molecule has 1 heterocycles. The number of hydrogen-bond acceptors (Lipinski definition) is 3. The van der Waals surface area contributed by atoms with E-state index in [0.717, 1.165) is 6.07 Å². The second-order valence-electron chi connectivity index (χ2n) is 1.91.